The fourth-order valence-electron chi connectivity index (χ4n) is 1.72. The van der Waals surface area contributed by atoms with Gasteiger partial charge in [0, 0.05) is 13.3 Å². The number of alkyl halides is 1. The fraction of sp³-hybridized carbons (Fsp3) is 0.455. The molecule has 1 unspecified atom stereocenters. The van der Waals surface area contributed by atoms with Crippen molar-refractivity contribution in [3.8, 4) is 5.75 Å². The molecule has 0 spiro atoms. The largest absolute Gasteiger partial charge is 0.455 e. The third-order valence-corrected chi connectivity index (χ3v) is 2.42. The van der Waals surface area contributed by atoms with Gasteiger partial charge in [-0.2, -0.15) is 4.39 Å². The standard InChI is InChI=1S/C11H12F2O/c1-7-5-8-3-4-11(2,13)14-10(8)9(12)6-7/h5-6H,3-4H2,1-2H3. The van der Waals surface area contributed by atoms with Crippen LogP contribution < -0.4 is 4.74 Å². The van der Waals surface area contributed by atoms with Crippen LogP contribution in [0.1, 0.15) is 24.5 Å². The summed E-state index contributed by atoms with van der Waals surface area (Å²) in [6.45, 7) is 3.14. The van der Waals surface area contributed by atoms with Gasteiger partial charge >= 0.3 is 0 Å². The monoisotopic (exact) mass is 198 g/mol. The summed E-state index contributed by atoms with van der Waals surface area (Å²) < 4.78 is 31.8. The lowest BCUT2D eigenvalue weighted by atomic mass is 9.99. The number of aryl methyl sites for hydroxylation is 2. The molecule has 1 aromatic carbocycles. The summed E-state index contributed by atoms with van der Waals surface area (Å²) in [5, 5.41) is 0. The summed E-state index contributed by atoms with van der Waals surface area (Å²) in [5.74, 6) is -2.13. The maximum Gasteiger partial charge on any atom is 0.246 e. The number of fused-ring (bicyclic) bond motifs is 1. The highest BCUT2D eigenvalue weighted by atomic mass is 19.2. The van der Waals surface area contributed by atoms with E-state index in [1.807, 2.05) is 13.0 Å². The molecule has 1 atom stereocenters. The molecule has 0 bridgehead atoms. The molecular weight excluding hydrogens is 186 g/mol. The van der Waals surface area contributed by atoms with Gasteiger partial charge < -0.3 is 4.74 Å². The normalized spacial score (nSPS) is 25.4. The molecule has 0 radical (unpaired) electrons. The van der Waals surface area contributed by atoms with E-state index in [1.54, 1.807) is 0 Å². The Morgan fingerprint density at radius 2 is 2.14 bits per heavy atom. The predicted octanol–water partition coefficient (Wildman–Crippen LogP) is 3.14. The molecule has 3 heteroatoms. The molecule has 1 nitrogen and oxygen atoms in total. The topological polar surface area (TPSA) is 9.23 Å². The quantitative estimate of drug-likeness (QED) is 0.622. The Morgan fingerprint density at radius 3 is 2.86 bits per heavy atom. The van der Waals surface area contributed by atoms with Crippen molar-refractivity contribution >= 4 is 0 Å². The Bertz CT molecular complexity index is 372. The first-order chi connectivity index (χ1) is 6.48. The highest BCUT2D eigenvalue weighted by molar-refractivity contribution is 5.40. The summed E-state index contributed by atoms with van der Waals surface area (Å²) in [6, 6.07) is 3.20. The lowest BCUT2D eigenvalue weighted by Gasteiger charge is -2.29. The summed E-state index contributed by atoms with van der Waals surface area (Å²) >= 11 is 0. The minimum atomic E-state index is -1.73. The molecule has 1 aliphatic rings. The van der Waals surface area contributed by atoms with Crippen LogP contribution >= 0.6 is 0 Å². The maximum absolute atomic E-state index is 13.4. The van der Waals surface area contributed by atoms with Crippen molar-refractivity contribution in [2.75, 3.05) is 0 Å². The van der Waals surface area contributed by atoms with Gasteiger partial charge in [-0.1, -0.05) is 6.07 Å². The smallest absolute Gasteiger partial charge is 0.246 e. The van der Waals surface area contributed by atoms with Gasteiger partial charge in [0.1, 0.15) is 0 Å². The molecule has 1 heterocycles. The van der Waals surface area contributed by atoms with Crippen LogP contribution in [0.5, 0.6) is 5.75 Å². The van der Waals surface area contributed by atoms with Crippen LogP contribution in [0.2, 0.25) is 0 Å². The molecule has 14 heavy (non-hydrogen) atoms. The number of hydrogen-bond donors (Lipinski definition) is 0. The maximum atomic E-state index is 13.4. The van der Waals surface area contributed by atoms with Crippen molar-refractivity contribution in [3.05, 3.63) is 29.1 Å². The Kier molecular flexibility index (Phi) is 1.98. The summed E-state index contributed by atoms with van der Waals surface area (Å²) in [5.41, 5.74) is 1.60. The number of benzene rings is 1. The molecule has 0 saturated heterocycles. The number of rotatable bonds is 0. The van der Waals surface area contributed by atoms with Gasteiger partial charge in [-0.3, -0.25) is 0 Å². The van der Waals surface area contributed by atoms with Crippen LogP contribution in [0.4, 0.5) is 8.78 Å². The average molecular weight is 198 g/mol. The van der Waals surface area contributed by atoms with Crippen molar-refractivity contribution in [2.45, 2.75) is 32.5 Å². The van der Waals surface area contributed by atoms with Crippen molar-refractivity contribution in [1.82, 2.24) is 0 Å². The van der Waals surface area contributed by atoms with Crippen LogP contribution in [0, 0.1) is 12.7 Å². The molecule has 76 valence electrons. The summed E-state index contributed by atoms with van der Waals surface area (Å²) in [4.78, 5) is 0. The third-order valence-electron chi connectivity index (χ3n) is 2.42. The minimum Gasteiger partial charge on any atom is -0.455 e. The Morgan fingerprint density at radius 1 is 1.43 bits per heavy atom. The third kappa shape index (κ3) is 1.59. The molecule has 2 rings (SSSR count). The predicted molar refractivity (Wildman–Crippen MR) is 49.6 cm³/mol. The van der Waals surface area contributed by atoms with E-state index in [0.29, 0.717) is 6.42 Å². The average Bonchev–Trinajstić information content (AvgIpc) is 2.06. The Labute approximate surface area is 81.7 Å². The van der Waals surface area contributed by atoms with Crippen molar-refractivity contribution in [2.24, 2.45) is 0 Å². The van der Waals surface area contributed by atoms with Gasteiger partial charge in [0.15, 0.2) is 11.6 Å². The number of ether oxygens (including phenoxy) is 1. The molecule has 0 fully saturated rings. The highest BCUT2D eigenvalue weighted by Gasteiger charge is 2.32. The molecule has 0 N–H and O–H groups in total. The van der Waals surface area contributed by atoms with E-state index >= 15 is 0 Å². The van der Waals surface area contributed by atoms with E-state index in [2.05, 4.69) is 0 Å². The number of halogens is 2. The van der Waals surface area contributed by atoms with E-state index in [4.69, 9.17) is 4.74 Å². The van der Waals surface area contributed by atoms with Gasteiger partial charge in [0.05, 0.1) is 0 Å². The van der Waals surface area contributed by atoms with Crippen LogP contribution in [0.15, 0.2) is 12.1 Å². The lowest BCUT2D eigenvalue weighted by Crippen LogP contribution is -2.31. The van der Waals surface area contributed by atoms with Crippen LogP contribution in [-0.4, -0.2) is 5.85 Å². The Hall–Kier alpha value is -1.12. The van der Waals surface area contributed by atoms with Crippen LogP contribution in [0.25, 0.3) is 0 Å². The second-order valence-electron chi connectivity index (χ2n) is 3.94. The molecule has 1 aromatic rings. The highest BCUT2D eigenvalue weighted by Crippen LogP contribution is 2.36. The van der Waals surface area contributed by atoms with E-state index < -0.39 is 11.7 Å². The fourth-order valence-corrected chi connectivity index (χ4v) is 1.72. The van der Waals surface area contributed by atoms with Crippen LogP contribution in [-0.2, 0) is 6.42 Å². The van der Waals surface area contributed by atoms with E-state index in [-0.39, 0.29) is 12.2 Å². The van der Waals surface area contributed by atoms with Crippen LogP contribution in [0.3, 0.4) is 0 Å². The number of hydrogen-bond acceptors (Lipinski definition) is 1. The SMILES string of the molecule is Cc1cc(F)c2c(c1)CCC(C)(F)O2. The zero-order valence-electron chi connectivity index (χ0n) is 8.23. The van der Waals surface area contributed by atoms with Gasteiger partial charge in [0.2, 0.25) is 5.85 Å². The van der Waals surface area contributed by atoms with E-state index in [0.717, 1.165) is 11.1 Å². The lowest BCUT2D eigenvalue weighted by molar-refractivity contribution is -0.0634. The first-order valence-corrected chi connectivity index (χ1v) is 4.65. The van der Waals surface area contributed by atoms with Gasteiger partial charge in [-0.05, 0) is 30.5 Å². The van der Waals surface area contributed by atoms with Gasteiger partial charge in [-0.25, -0.2) is 4.39 Å². The van der Waals surface area contributed by atoms with E-state index in [1.165, 1.54) is 13.0 Å². The molecular formula is C11H12F2O. The van der Waals surface area contributed by atoms with Crippen molar-refractivity contribution < 1.29 is 13.5 Å². The minimum absolute atomic E-state index is 0.0758. The molecule has 0 amide bonds. The second-order valence-corrected chi connectivity index (χ2v) is 3.94. The summed E-state index contributed by atoms with van der Waals surface area (Å²) in [6.07, 6.45) is 0.809. The first kappa shape index (κ1) is 9.44. The zero-order chi connectivity index (χ0) is 10.3. The Balaban J connectivity index is 2.47. The molecule has 0 aliphatic carbocycles. The van der Waals surface area contributed by atoms with Crippen molar-refractivity contribution in [3.63, 3.8) is 0 Å². The second kappa shape index (κ2) is 2.94. The van der Waals surface area contributed by atoms with Gasteiger partial charge in [-0.15, -0.1) is 0 Å². The van der Waals surface area contributed by atoms with Gasteiger partial charge in [0.25, 0.3) is 0 Å². The summed E-state index contributed by atoms with van der Waals surface area (Å²) in [7, 11) is 0. The van der Waals surface area contributed by atoms with E-state index in [9.17, 15) is 8.78 Å². The van der Waals surface area contributed by atoms with Crippen molar-refractivity contribution in [1.29, 1.82) is 0 Å². The first-order valence-electron chi connectivity index (χ1n) is 4.65. The molecule has 1 aliphatic heterocycles. The zero-order valence-corrected chi connectivity index (χ0v) is 8.23. The molecule has 0 saturated carbocycles. The molecule has 0 aromatic heterocycles.